The second-order valence-electron chi connectivity index (χ2n) is 7.65. The summed E-state index contributed by atoms with van der Waals surface area (Å²) in [5.74, 6) is 1.72. The molecule has 0 heterocycles. The van der Waals surface area contributed by atoms with E-state index in [0.29, 0.717) is 6.04 Å². The summed E-state index contributed by atoms with van der Waals surface area (Å²) in [6.45, 7) is 9.33. The maximum atomic E-state index is 3.58. The van der Waals surface area contributed by atoms with E-state index < -0.39 is 0 Å². The van der Waals surface area contributed by atoms with Gasteiger partial charge in [-0.15, -0.1) is 0 Å². The van der Waals surface area contributed by atoms with Crippen LogP contribution in [0.5, 0.6) is 0 Å². The molecule has 1 aromatic rings. The summed E-state index contributed by atoms with van der Waals surface area (Å²) in [6.07, 6.45) is 6.71. The first-order valence-electron chi connectivity index (χ1n) is 8.75. The fourth-order valence-corrected chi connectivity index (χ4v) is 3.64. The first-order valence-corrected chi connectivity index (χ1v) is 8.75. The van der Waals surface area contributed by atoms with E-state index in [1.807, 2.05) is 0 Å². The highest BCUT2D eigenvalue weighted by atomic mass is 14.9. The third-order valence-electron chi connectivity index (χ3n) is 5.78. The fraction of sp³-hybridized carbons (Fsp3) is 0.700. The van der Waals surface area contributed by atoms with Gasteiger partial charge in [0, 0.05) is 6.04 Å². The minimum atomic E-state index is 0.286. The summed E-state index contributed by atoms with van der Waals surface area (Å²) in [7, 11) is 2.12. The van der Waals surface area contributed by atoms with Gasteiger partial charge in [0.05, 0.1) is 0 Å². The van der Waals surface area contributed by atoms with Crippen molar-refractivity contribution in [3.05, 3.63) is 35.4 Å². The van der Waals surface area contributed by atoms with Gasteiger partial charge in [-0.1, -0.05) is 64.8 Å². The number of nitrogens with one attached hydrogen (secondary N) is 1. The topological polar surface area (TPSA) is 12.0 Å². The van der Waals surface area contributed by atoms with Crippen molar-refractivity contribution >= 4 is 0 Å². The Kier molecular flexibility index (Phi) is 5.48. The molecule has 1 atom stereocenters. The summed E-state index contributed by atoms with van der Waals surface area (Å²) >= 11 is 0. The van der Waals surface area contributed by atoms with Gasteiger partial charge in [-0.25, -0.2) is 0 Å². The van der Waals surface area contributed by atoms with Gasteiger partial charge in [0.1, 0.15) is 0 Å². The zero-order valence-corrected chi connectivity index (χ0v) is 14.6. The average Bonchev–Trinajstić information content (AvgIpc) is 2.50. The van der Waals surface area contributed by atoms with Crippen LogP contribution in [0, 0.1) is 11.8 Å². The molecule has 0 spiro atoms. The third kappa shape index (κ3) is 3.88. The zero-order chi connectivity index (χ0) is 15.5. The van der Waals surface area contributed by atoms with Gasteiger partial charge in [-0.3, -0.25) is 0 Å². The molecule has 0 aromatic heterocycles. The first kappa shape index (κ1) is 16.5. The van der Waals surface area contributed by atoms with E-state index in [4.69, 9.17) is 0 Å². The molecule has 1 aromatic carbocycles. The molecule has 0 radical (unpaired) electrons. The predicted molar refractivity (Wildman–Crippen MR) is 92.7 cm³/mol. The second kappa shape index (κ2) is 6.96. The smallest absolute Gasteiger partial charge is 0.0346 e. The Bertz CT molecular complexity index is 424. The van der Waals surface area contributed by atoms with Crippen LogP contribution in [-0.4, -0.2) is 7.05 Å². The summed E-state index contributed by atoms with van der Waals surface area (Å²) < 4.78 is 0. The lowest BCUT2D eigenvalue weighted by molar-refractivity contribution is 0.238. The first-order chi connectivity index (χ1) is 9.97. The van der Waals surface area contributed by atoms with Crippen molar-refractivity contribution in [2.75, 3.05) is 7.05 Å². The van der Waals surface area contributed by atoms with E-state index >= 15 is 0 Å². The maximum Gasteiger partial charge on any atom is 0.0346 e. The predicted octanol–water partition coefficient (Wildman–Crippen LogP) is 5.46. The van der Waals surface area contributed by atoms with Crippen molar-refractivity contribution in [3.63, 3.8) is 0 Å². The summed E-state index contributed by atoms with van der Waals surface area (Å²) in [5, 5.41) is 3.58. The summed E-state index contributed by atoms with van der Waals surface area (Å²) in [5.41, 5.74) is 3.21. The van der Waals surface area contributed by atoms with Crippen LogP contribution in [0.3, 0.4) is 0 Å². The molecule has 21 heavy (non-hydrogen) atoms. The van der Waals surface area contributed by atoms with E-state index in [1.54, 1.807) is 0 Å². The maximum absolute atomic E-state index is 3.58. The Morgan fingerprint density at radius 2 is 1.67 bits per heavy atom. The van der Waals surface area contributed by atoms with Crippen molar-refractivity contribution in [3.8, 4) is 0 Å². The summed E-state index contributed by atoms with van der Waals surface area (Å²) in [4.78, 5) is 0. The lowest BCUT2D eigenvalue weighted by Crippen LogP contribution is -2.28. The molecule has 118 valence electrons. The van der Waals surface area contributed by atoms with Crippen LogP contribution in [0.4, 0.5) is 0 Å². The zero-order valence-electron chi connectivity index (χ0n) is 14.6. The Labute approximate surface area is 131 Å². The van der Waals surface area contributed by atoms with Gasteiger partial charge in [-0.2, -0.15) is 0 Å². The summed E-state index contributed by atoms with van der Waals surface area (Å²) in [6, 6.07) is 9.91. The van der Waals surface area contributed by atoms with Gasteiger partial charge >= 0.3 is 0 Å². The Morgan fingerprint density at radius 3 is 2.14 bits per heavy atom. The van der Waals surface area contributed by atoms with E-state index in [2.05, 4.69) is 64.3 Å². The van der Waals surface area contributed by atoms with Crippen LogP contribution >= 0.6 is 0 Å². The van der Waals surface area contributed by atoms with Gasteiger partial charge < -0.3 is 5.32 Å². The molecule has 1 saturated carbocycles. The standard InChI is InChI=1S/C20H33N/c1-6-20(3,4)18-13-11-17(12-14-18)19(21-5)16-9-7-15(2)8-10-16/h11-16,19,21H,6-10H2,1-5H3. The van der Waals surface area contributed by atoms with Crippen LogP contribution in [0.15, 0.2) is 24.3 Å². The van der Waals surface area contributed by atoms with Crippen LogP contribution in [0.25, 0.3) is 0 Å². The van der Waals surface area contributed by atoms with Gasteiger partial charge in [0.25, 0.3) is 0 Å². The Hall–Kier alpha value is -0.820. The van der Waals surface area contributed by atoms with Crippen molar-refractivity contribution in [1.29, 1.82) is 0 Å². The van der Waals surface area contributed by atoms with Gasteiger partial charge in [0.2, 0.25) is 0 Å². The van der Waals surface area contributed by atoms with Crippen molar-refractivity contribution in [1.82, 2.24) is 5.32 Å². The lowest BCUT2D eigenvalue weighted by atomic mass is 9.76. The van der Waals surface area contributed by atoms with E-state index in [-0.39, 0.29) is 5.41 Å². The van der Waals surface area contributed by atoms with Gasteiger partial charge in [0.15, 0.2) is 0 Å². The average molecular weight is 287 g/mol. The molecular weight excluding hydrogens is 254 g/mol. The minimum Gasteiger partial charge on any atom is -0.313 e. The quantitative estimate of drug-likeness (QED) is 0.758. The van der Waals surface area contributed by atoms with Crippen LogP contribution in [0.2, 0.25) is 0 Å². The monoisotopic (exact) mass is 287 g/mol. The normalized spacial score (nSPS) is 24.8. The Balaban J connectivity index is 2.12. The largest absolute Gasteiger partial charge is 0.313 e. The molecule has 1 unspecified atom stereocenters. The third-order valence-corrected chi connectivity index (χ3v) is 5.78. The molecule has 1 heteroatoms. The molecule has 1 aliphatic rings. The van der Waals surface area contributed by atoms with E-state index in [0.717, 1.165) is 11.8 Å². The van der Waals surface area contributed by atoms with E-state index in [1.165, 1.54) is 43.2 Å². The fourth-order valence-electron chi connectivity index (χ4n) is 3.64. The number of hydrogen-bond acceptors (Lipinski definition) is 1. The number of rotatable bonds is 5. The lowest BCUT2D eigenvalue weighted by Gasteiger charge is -2.33. The highest BCUT2D eigenvalue weighted by Gasteiger charge is 2.26. The van der Waals surface area contributed by atoms with Crippen molar-refractivity contribution in [2.45, 2.75) is 71.3 Å². The van der Waals surface area contributed by atoms with Crippen molar-refractivity contribution < 1.29 is 0 Å². The minimum absolute atomic E-state index is 0.286. The van der Waals surface area contributed by atoms with Crippen LogP contribution in [0.1, 0.15) is 77.0 Å². The highest BCUT2D eigenvalue weighted by molar-refractivity contribution is 5.30. The Morgan fingerprint density at radius 1 is 1.10 bits per heavy atom. The second-order valence-corrected chi connectivity index (χ2v) is 7.65. The van der Waals surface area contributed by atoms with Crippen molar-refractivity contribution in [2.24, 2.45) is 11.8 Å². The SMILES string of the molecule is CCC(C)(C)c1ccc(C(NC)C2CCC(C)CC2)cc1. The molecule has 2 rings (SSSR count). The molecule has 0 amide bonds. The molecule has 1 fully saturated rings. The van der Waals surface area contributed by atoms with Crippen LogP contribution in [-0.2, 0) is 5.41 Å². The molecule has 1 aliphatic carbocycles. The number of benzene rings is 1. The molecule has 0 aliphatic heterocycles. The number of hydrogen-bond donors (Lipinski definition) is 1. The molecule has 1 nitrogen and oxygen atoms in total. The van der Waals surface area contributed by atoms with Gasteiger partial charge in [-0.05, 0) is 54.7 Å². The van der Waals surface area contributed by atoms with Crippen LogP contribution < -0.4 is 5.32 Å². The molecule has 0 bridgehead atoms. The molecule has 1 N–H and O–H groups in total. The van der Waals surface area contributed by atoms with E-state index in [9.17, 15) is 0 Å². The highest BCUT2D eigenvalue weighted by Crippen LogP contribution is 2.37. The molecular formula is C20H33N. The molecule has 0 saturated heterocycles.